The van der Waals surface area contributed by atoms with Gasteiger partial charge in [0.1, 0.15) is 4.88 Å². The van der Waals surface area contributed by atoms with Crippen LogP contribution in [0.15, 0.2) is 6.20 Å². The lowest BCUT2D eigenvalue weighted by molar-refractivity contribution is 0.0702. The van der Waals surface area contributed by atoms with Gasteiger partial charge in [-0.25, -0.2) is 9.78 Å². The zero-order valence-corrected chi connectivity index (χ0v) is 11.5. The second kappa shape index (κ2) is 6.18. The number of carboxylic acid groups (broad SMARTS) is 1. The number of nitrogens with one attached hydrogen (secondary N) is 1. The van der Waals surface area contributed by atoms with Crippen molar-refractivity contribution in [2.45, 2.75) is 39.0 Å². The van der Waals surface area contributed by atoms with Crippen molar-refractivity contribution in [1.29, 1.82) is 0 Å². The van der Waals surface area contributed by atoms with Gasteiger partial charge in [0, 0.05) is 6.54 Å². The summed E-state index contributed by atoms with van der Waals surface area (Å²) in [5.74, 6) is 0.730. The number of thiazole rings is 1. The standard InChI is InChI=1S/C13H20N2O2S/c1-2-9-3-5-10(6-4-9)7-14-13-15-8-11(18-13)12(16)17/h8-10H,2-7H2,1H3,(H,14,15)(H,16,17). The van der Waals surface area contributed by atoms with Crippen LogP contribution in [0.1, 0.15) is 48.7 Å². The van der Waals surface area contributed by atoms with Crippen molar-refractivity contribution in [2.24, 2.45) is 11.8 Å². The van der Waals surface area contributed by atoms with Crippen molar-refractivity contribution in [3.63, 3.8) is 0 Å². The predicted octanol–water partition coefficient (Wildman–Crippen LogP) is 3.47. The maximum Gasteiger partial charge on any atom is 0.347 e. The van der Waals surface area contributed by atoms with Crippen LogP contribution in [0.4, 0.5) is 5.13 Å². The molecular weight excluding hydrogens is 248 g/mol. The van der Waals surface area contributed by atoms with Gasteiger partial charge in [0.25, 0.3) is 0 Å². The fourth-order valence-electron chi connectivity index (χ4n) is 2.53. The van der Waals surface area contributed by atoms with Crippen LogP contribution in [-0.4, -0.2) is 22.6 Å². The van der Waals surface area contributed by atoms with Gasteiger partial charge in [-0.1, -0.05) is 37.5 Å². The third kappa shape index (κ3) is 3.45. The van der Waals surface area contributed by atoms with Gasteiger partial charge in [-0.15, -0.1) is 0 Å². The molecular formula is C13H20N2O2S. The Morgan fingerprint density at radius 3 is 2.67 bits per heavy atom. The maximum atomic E-state index is 10.7. The van der Waals surface area contributed by atoms with Crippen LogP contribution >= 0.6 is 11.3 Å². The summed E-state index contributed by atoms with van der Waals surface area (Å²) in [6.45, 7) is 3.19. The quantitative estimate of drug-likeness (QED) is 0.858. The molecule has 0 atom stereocenters. The van der Waals surface area contributed by atoms with E-state index in [2.05, 4.69) is 17.2 Å². The highest BCUT2D eigenvalue weighted by atomic mass is 32.1. The SMILES string of the molecule is CCC1CCC(CNc2ncc(C(=O)O)s2)CC1. The summed E-state index contributed by atoms with van der Waals surface area (Å²) >= 11 is 1.21. The van der Waals surface area contributed by atoms with E-state index >= 15 is 0 Å². The van der Waals surface area contributed by atoms with E-state index in [0.717, 1.165) is 17.6 Å². The molecule has 5 heteroatoms. The molecule has 0 amide bonds. The van der Waals surface area contributed by atoms with Crippen molar-refractivity contribution >= 4 is 22.4 Å². The normalized spacial score (nSPS) is 23.8. The van der Waals surface area contributed by atoms with Gasteiger partial charge in [-0.2, -0.15) is 0 Å². The Hall–Kier alpha value is -1.10. The molecule has 4 nitrogen and oxygen atoms in total. The molecule has 1 aromatic heterocycles. The van der Waals surface area contributed by atoms with Crippen LogP contribution in [0.3, 0.4) is 0 Å². The van der Waals surface area contributed by atoms with Crippen LogP contribution in [-0.2, 0) is 0 Å². The van der Waals surface area contributed by atoms with Gasteiger partial charge in [-0.3, -0.25) is 0 Å². The van der Waals surface area contributed by atoms with E-state index in [1.165, 1.54) is 49.6 Å². The van der Waals surface area contributed by atoms with Crippen molar-refractivity contribution in [3.8, 4) is 0 Å². The van der Waals surface area contributed by atoms with Gasteiger partial charge < -0.3 is 10.4 Å². The van der Waals surface area contributed by atoms with Crippen molar-refractivity contribution < 1.29 is 9.90 Å². The molecule has 18 heavy (non-hydrogen) atoms. The summed E-state index contributed by atoms with van der Waals surface area (Å²) < 4.78 is 0. The molecule has 0 aromatic carbocycles. The number of hydrogen-bond acceptors (Lipinski definition) is 4. The van der Waals surface area contributed by atoms with Gasteiger partial charge in [0.2, 0.25) is 0 Å². The Morgan fingerprint density at radius 2 is 2.11 bits per heavy atom. The van der Waals surface area contributed by atoms with E-state index in [-0.39, 0.29) is 0 Å². The lowest BCUT2D eigenvalue weighted by Gasteiger charge is -2.27. The Balaban J connectivity index is 1.76. The molecule has 0 spiro atoms. The second-order valence-corrected chi connectivity index (χ2v) is 6.04. The summed E-state index contributed by atoms with van der Waals surface area (Å²) in [6.07, 6.45) is 7.95. The number of nitrogens with zero attached hydrogens (tertiary/aromatic N) is 1. The molecule has 2 N–H and O–H groups in total. The molecule has 1 saturated carbocycles. The number of carboxylic acids is 1. The first kappa shape index (κ1) is 13.3. The molecule has 1 aliphatic rings. The zero-order chi connectivity index (χ0) is 13.0. The Morgan fingerprint density at radius 1 is 1.44 bits per heavy atom. The largest absolute Gasteiger partial charge is 0.477 e. The molecule has 0 bridgehead atoms. The van der Waals surface area contributed by atoms with E-state index < -0.39 is 5.97 Å². The predicted molar refractivity (Wildman–Crippen MR) is 73.3 cm³/mol. The van der Waals surface area contributed by atoms with Crippen molar-refractivity contribution in [2.75, 3.05) is 11.9 Å². The van der Waals surface area contributed by atoms with E-state index in [0.29, 0.717) is 10.8 Å². The first-order chi connectivity index (χ1) is 8.69. The third-order valence-electron chi connectivity index (χ3n) is 3.80. The van der Waals surface area contributed by atoms with Crippen LogP contribution in [0.2, 0.25) is 0 Å². The fraction of sp³-hybridized carbons (Fsp3) is 0.692. The second-order valence-electron chi connectivity index (χ2n) is 5.01. The Labute approximate surface area is 111 Å². The minimum Gasteiger partial charge on any atom is -0.477 e. The van der Waals surface area contributed by atoms with Crippen LogP contribution in [0.25, 0.3) is 0 Å². The molecule has 1 heterocycles. The Kier molecular flexibility index (Phi) is 4.58. The van der Waals surface area contributed by atoms with Gasteiger partial charge in [0.05, 0.1) is 6.20 Å². The first-order valence-electron chi connectivity index (χ1n) is 6.62. The minimum atomic E-state index is -0.899. The first-order valence-corrected chi connectivity index (χ1v) is 7.43. The van der Waals surface area contributed by atoms with Crippen molar-refractivity contribution in [1.82, 2.24) is 4.98 Å². The summed E-state index contributed by atoms with van der Waals surface area (Å²) in [4.78, 5) is 15.1. The summed E-state index contributed by atoms with van der Waals surface area (Å²) in [5, 5.41) is 12.8. The molecule has 0 saturated heterocycles. The smallest absolute Gasteiger partial charge is 0.347 e. The van der Waals surface area contributed by atoms with E-state index in [9.17, 15) is 4.79 Å². The van der Waals surface area contributed by atoms with Crippen LogP contribution in [0.5, 0.6) is 0 Å². The number of aromatic nitrogens is 1. The molecule has 2 rings (SSSR count). The Bertz CT molecular complexity index is 397. The zero-order valence-electron chi connectivity index (χ0n) is 10.7. The fourth-order valence-corrected chi connectivity index (χ4v) is 3.19. The average molecular weight is 268 g/mol. The molecule has 1 aromatic rings. The summed E-state index contributed by atoms with van der Waals surface area (Å²) in [6, 6.07) is 0. The highest BCUT2D eigenvalue weighted by Gasteiger charge is 2.20. The lowest BCUT2D eigenvalue weighted by atomic mass is 9.81. The molecule has 0 radical (unpaired) electrons. The average Bonchev–Trinajstić information content (AvgIpc) is 2.86. The lowest BCUT2D eigenvalue weighted by Crippen LogP contribution is -2.20. The highest BCUT2D eigenvalue weighted by Crippen LogP contribution is 2.31. The molecule has 100 valence electrons. The van der Waals surface area contributed by atoms with Gasteiger partial charge in [0.15, 0.2) is 5.13 Å². The van der Waals surface area contributed by atoms with Gasteiger partial charge >= 0.3 is 5.97 Å². The van der Waals surface area contributed by atoms with E-state index in [1.54, 1.807) is 0 Å². The summed E-state index contributed by atoms with van der Waals surface area (Å²) in [5.41, 5.74) is 0. The van der Waals surface area contributed by atoms with Crippen LogP contribution in [0, 0.1) is 11.8 Å². The third-order valence-corrected chi connectivity index (χ3v) is 4.75. The number of anilines is 1. The van der Waals surface area contributed by atoms with E-state index in [1.807, 2.05) is 0 Å². The number of carbonyl (C=O) groups is 1. The molecule has 0 aliphatic heterocycles. The topological polar surface area (TPSA) is 62.2 Å². The van der Waals surface area contributed by atoms with E-state index in [4.69, 9.17) is 5.11 Å². The van der Waals surface area contributed by atoms with Gasteiger partial charge in [-0.05, 0) is 24.7 Å². The van der Waals surface area contributed by atoms with Crippen LogP contribution < -0.4 is 5.32 Å². The highest BCUT2D eigenvalue weighted by molar-refractivity contribution is 7.17. The molecule has 1 aliphatic carbocycles. The number of rotatable bonds is 5. The number of aromatic carboxylic acids is 1. The number of hydrogen-bond donors (Lipinski definition) is 2. The monoisotopic (exact) mass is 268 g/mol. The maximum absolute atomic E-state index is 10.7. The summed E-state index contributed by atoms with van der Waals surface area (Å²) in [7, 11) is 0. The van der Waals surface area contributed by atoms with Crippen molar-refractivity contribution in [3.05, 3.63) is 11.1 Å². The molecule has 0 unspecified atom stereocenters. The minimum absolute atomic E-state index is 0.298. The molecule has 1 fully saturated rings.